The van der Waals surface area contributed by atoms with Gasteiger partial charge in [-0.3, -0.25) is 4.99 Å². The molecule has 0 saturated carbocycles. The molecule has 1 atom stereocenters. The maximum atomic E-state index is 14.6. The predicted octanol–water partition coefficient (Wildman–Crippen LogP) is 4.98. The van der Waals surface area contributed by atoms with Gasteiger partial charge in [-0.2, -0.15) is 35.1 Å². The molecule has 2 aromatic rings. The molecule has 0 bridgehead atoms. The zero-order valence-corrected chi connectivity index (χ0v) is 16.5. The van der Waals surface area contributed by atoms with E-state index in [2.05, 4.69) is 14.5 Å². The van der Waals surface area contributed by atoms with Gasteiger partial charge in [-0.15, -0.1) is 0 Å². The lowest BCUT2D eigenvalue weighted by atomic mass is 9.86. The van der Waals surface area contributed by atoms with E-state index in [1.807, 2.05) is 0 Å². The van der Waals surface area contributed by atoms with Crippen LogP contribution in [0.3, 0.4) is 0 Å². The van der Waals surface area contributed by atoms with Gasteiger partial charge in [-0.1, -0.05) is 0 Å². The van der Waals surface area contributed by atoms with E-state index in [1.54, 1.807) is 0 Å². The van der Waals surface area contributed by atoms with Gasteiger partial charge in [0.2, 0.25) is 5.82 Å². The van der Waals surface area contributed by atoms with Gasteiger partial charge in [0, 0.05) is 25.2 Å². The fourth-order valence-electron chi connectivity index (χ4n) is 3.28. The molecule has 32 heavy (non-hydrogen) atoms. The maximum Gasteiger partial charge on any atom is 0.417 e. The number of rotatable bonds is 5. The molecule has 5 nitrogen and oxygen atoms in total. The van der Waals surface area contributed by atoms with Crippen LogP contribution in [0.2, 0.25) is 0 Å². The first-order valence-electron chi connectivity index (χ1n) is 9.01. The van der Waals surface area contributed by atoms with Crippen molar-refractivity contribution in [3.05, 3.63) is 46.8 Å². The van der Waals surface area contributed by atoms with Crippen LogP contribution in [0.15, 0.2) is 29.4 Å². The number of alkyl halides is 7. The van der Waals surface area contributed by atoms with Gasteiger partial charge < -0.3 is 18.8 Å². The smallest absolute Gasteiger partial charge is 0.417 e. The van der Waals surface area contributed by atoms with Crippen LogP contribution in [0, 0.1) is 5.82 Å². The lowest BCUT2D eigenvalue weighted by Gasteiger charge is -2.33. The molecule has 0 N–H and O–H groups in total. The number of benzene rings is 1. The Hall–Kier alpha value is -2.99. The van der Waals surface area contributed by atoms with Gasteiger partial charge in [0.15, 0.2) is 22.7 Å². The van der Waals surface area contributed by atoms with Crippen molar-refractivity contribution in [1.82, 2.24) is 4.57 Å². The average Bonchev–Trinajstić information content (AvgIpc) is 2.65. The molecule has 1 aromatic carbocycles. The molecule has 3 rings (SSSR count). The second-order valence-corrected chi connectivity index (χ2v) is 7.02. The first-order valence-corrected chi connectivity index (χ1v) is 9.01. The Morgan fingerprint density at radius 2 is 1.72 bits per heavy atom. The number of aromatic nitrogens is 1. The van der Waals surface area contributed by atoms with Crippen LogP contribution in [0.4, 0.5) is 35.1 Å². The van der Waals surface area contributed by atoms with Crippen molar-refractivity contribution in [2.45, 2.75) is 38.3 Å². The van der Waals surface area contributed by atoms with Crippen LogP contribution < -0.4 is 19.7 Å². The molecule has 0 spiro atoms. The lowest BCUT2D eigenvalue weighted by Crippen LogP contribution is -2.34. The Morgan fingerprint density at radius 3 is 2.31 bits per heavy atom. The number of halogens is 8. The van der Waals surface area contributed by atoms with Gasteiger partial charge in [0.05, 0.1) is 17.7 Å². The molecule has 1 aliphatic heterocycles. The lowest BCUT2D eigenvalue weighted by molar-refractivity contribution is -0.138. The largest absolute Gasteiger partial charge is 0.490 e. The van der Waals surface area contributed by atoms with Crippen LogP contribution >= 0.6 is 0 Å². The van der Waals surface area contributed by atoms with Gasteiger partial charge in [-0.05, 0) is 25.1 Å². The number of hydrogen-bond acceptors (Lipinski definition) is 4. The summed E-state index contributed by atoms with van der Waals surface area (Å²) in [7, 11) is 1.15. The van der Waals surface area contributed by atoms with Gasteiger partial charge in [0.25, 0.3) is 0 Å². The zero-order chi connectivity index (χ0) is 23.8. The number of hydrogen-bond donors (Lipinski definition) is 0. The summed E-state index contributed by atoms with van der Waals surface area (Å²) in [6.45, 7) is -5.40. The van der Waals surface area contributed by atoms with Gasteiger partial charge >= 0.3 is 19.4 Å². The van der Waals surface area contributed by atoms with E-state index < -0.39 is 53.6 Å². The van der Waals surface area contributed by atoms with Crippen molar-refractivity contribution in [2.24, 2.45) is 12.0 Å². The van der Waals surface area contributed by atoms with E-state index in [9.17, 15) is 35.1 Å². The SMILES string of the molecule is Cn1cc(C(F)(F)F)cc(OC(F)F)c1=N[C@@]1(C)CCOc2c1ccc(OC(F)F)c2F. The molecule has 0 amide bonds. The minimum absolute atomic E-state index is 0.0609. The van der Waals surface area contributed by atoms with Crippen molar-refractivity contribution in [1.29, 1.82) is 0 Å². The van der Waals surface area contributed by atoms with Crippen LogP contribution in [0.1, 0.15) is 24.5 Å². The highest BCUT2D eigenvalue weighted by atomic mass is 19.4. The molecule has 2 heterocycles. The Labute approximate surface area is 175 Å². The number of fused-ring (bicyclic) bond motifs is 1. The average molecular weight is 472 g/mol. The van der Waals surface area contributed by atoms with Gasteiger partial charge in [-0.25, -0.2) is 0 Å². The van der Waals surface area contributed by atoms with Crippen molar-refractivity contribution >= 4 is 0 Å². The normalized spacial score (nSPS) is 19.2. The minimum atomic E-state index is -4.84. The quantitative estimate of drug-likeness (QED) is 0.577. The molecule has 0 fully saturated rings. The van der Waals surface area contributed by atoms with Crippen LogP contribution in [-0.2, 0) is 18.8 Å². The Balaban J connectivity index is 2.20. The number of ether oxygens (including phenoxy) is 3. The molecule has 0 radical (unpaired) electrons. The monoisotopic (exact) mass is 472 g/mol. The highest BCUT2D eigenvalue weighted by Crippen LogP contribution is 2.44. The van der Waals surface area contributed by atoms with E-state index in [0.29, 0.717) is 12.3 Å². The summed E-state index contributed by atoms with van der Waals surface area (Å²) < 4.78 is 119. The zero-order valence-electron chi connectivity index (χ0n) is 16.5. The molecule has 0 aliphatic carbocycles. The first kappa shape index (κ1) is 23.7. The number of aryl methyl sites for hydroxylation is 1. The summed E-state index contributed by atoms with van der Waals surface area (Å²) in [4.78, 5) is 4.30. The number of pyridine rings is 1. The van der Waals surface area contributed by atoms with Crippen molar-refractivity contribution in [2.75, 3.05) is 6.61 Å². The summed E-state index contributed by atoms with van der Waals surface area (Å²) >= 11 is 0. The predicted molar refractivity (Wildman–Crippen MR) is 93.1 cm³/mol. The van der Waals surface area contributed by atoms with Gasteiger partial charge in [0.1, 0.15) is 0 Å². The Bertz CT molecular complexity index is 1070. The Kier molecular flexibility index (Phi) is 6.29. The molecular formula is C19H16F8N2O3. The molecule has 176 valence electrons. The molecule has 13 heteroatoms. The third kappa shape index (κ3) is 4.75. The van der Waals surface area contributed by atoms with Crippen LogP contribution in [0.25, 0.3) is 0 Å². The topological polar surface area (TPSA) is 45.0 Å². The minimum Gasteiger partial charge on any atom is -0.490 e. The molecule has 0 unspecified atom stereocenters. The Morgan fingerprint density at radius 1 is 1.09 bits per heavy atom. The van der Waals surface area contributed by atoms with Crippen LogP contribution in [0.5, 0.6) is 17.2 Å². The second-order valence-electron chi connectivity index (χ2n) is 7.02. The second kappa shape index (κ2) is 8.51. The van der Waals surface area contributed by atoms with E-state index in [0.717, 1.165) is 17.7 Å². The standard InChI is InChI=1S/C19H16F8N2O3/c1-18(5-6-30-14-10(18)3-4-11(13(14)20)31-16(21)22)28-15-12(32-17(23)24)7-9(8-29(15)2)19(25,26)27/h3-4,7-8,16-17H,5-6H2,1-2H3/t18-/m0/s1. The van der Waals surface area contributed by atoms with Crippen LogP contribution in [-0.4, -0.2) is 24.4 Å². The summed E-state index contributed by atoms with van der Waals surface area (Å²) in [6.07, 6.45) is -4.12. The summed E-state index contributed by atoms with van der Waals surface area (Å²) in [5, 5.41) is 0. The molecule has 0 saturated heterocycles. The highest BCUT2D eigenvalue weighted by molar-refractivity contribution is 5.47. The summed E-state index contributed by atoms with van der Waals surface area (Å²) in [6, 6.07) is 2.51. The van der Waals surface area contributed by atoms with Crippen molar-refractivity contribution in [3.63, 3.8) is 0 Å². The first-order chi connectivity index (χ1) is 14.8. The summed E-state index contributed by atoms with van der Waals surface area (Å²) in [5.74, 6) is -3.27. The number of nitrogens with zero attached hydrogens (tertiary/aromatic N) is 2. The molecule has 1 aliphatic rings. The van der Waals surface area contributed by atoms with Crippen molar-refractivity contribution in [3.8, 4) is 17.2 Å². The van der Waals surface area contributed by atoms with E-state index in [-0.39, 0.29) is 24.1 Å². The van der Waals surface area contributed by atoms with E-state index in [1.165, 1.54) is 13.0 Å². The fraction of sp³-hybridized carbons (Fsp3) is 0.421. The summed E-state index contributed by atoms with van der Waals surface area (Å²) in [5.41, 5.74) is -2.94. The van der Waals surface area contributed by atoms with E-state index in [4.69, 9.17) is 4.74 Å². The molecule has 1 aromatic heterocycles. The highest BCUT2D eigenvalue weighted by Gasteiger charge is 2.37. The fourth-order valence-corrected chi connectivity index (χ4v) is 3.28. The molecular weight excluding hydrogens is 456 g/mol. The third-order valence-corrected chi connectivity index (χ3v) is 4.76. The maximum absolute atomic E-state index is 14.6. The van der Waals surface area contributed by atoms with Crippen molar-refractivity contribution < 1.29 is 49.3 Å². The third-order valence-electron chi connectivity index (χ3n) is 4.76. The van der Waals surface area contributed by atoms with E-state index >= 15 is 0 Å².